The molecule has 6 nitrogen and oxygen atoms in total. The van der Waals surface area contributed by atoms with Crippen molar-refractivity contribution in [2.45, 2.75) is 44.6 Å². The van der Waals surface area contributed by atoms with Crippen molar-refractivity contribution in [3.63, 3.8) is 0 Å². The molecule has 4 rings (SSSR count). The van der Waals surface area contributed by atoms with Gasteiger partial charge in [0.2, 0.25) is 5.91 Å². The molecule has 0 atom stereocenters. The van der Waals surface area contributed by atoms with E-state index in [-0.39, 0.29) is 18.4 Å². The maximum atomic E-state index is 12.5. The summed E-state index contributed by atoms with van der Waals surface area (Å²) < 4.78 is 5.74. The van der Waals surface area contributed by atoms with Crippen molar-refractivity contribution in [1.82, 2.24) is 9.80 Å². The van der Waals surface area contributed by atoms with Crippen molar-refractivity contribution in [2.75, 3.05) is 44.2 Å². The van der Waals surface area contributed by atoms with E-state index >= 15 is 0 Å². The Balaban J connectivity index is 1.26. The number of piperazine rings is 1. The molecular weight excluding hydrogens is 342 g/mol. The number of amides is 2. The average molecular weight is 371 g/mol. The lowest BCUT2D eigenvalue weighted by atomic mass is 10.2. The van der Waals surface area contributed by atoms with Crippen LogP contribution in [0.4, 0.5) is 5.69 Å². The number of rotatable bonds is 5. The van der Waals surface area contributed by atoms with Crippen LogP contribution in [0.2, 0.25) is 0 Å². The van der Waals surface area contributed by atoms with Crippen LogP contribution in [0.15, 0.2) is 24.3 Å². The van der Waals surface area contributed by atoms with E-state index in [1.165, 1.54) is 25.7 Å². The van der Waals surface area contributed by atoms with E-state index in [1.807, 2.05) is 29.2 Å². The molecule has 0 unspecified atom stereocenters. The highest BCUT2D eigenvalue weighted by Crippen LogP contribution is 2.26. The number of hydrogen-bond acceptors (Lipinski definition) is 4. The fourth-order valence-corrected chi connectivity index (χ4v) is 4.50. The standard InChI is InChI=1S/C21H29N3O3/c25-20-9-4-10-24(20)18-7-3-8-19(15-18)27-16-21(26)23-13-11-22(12-14-23)17-5-1-2-6-17/h3,7-8,15,17H,1-2,4-6,9-14,16H2. The first kappa shape index (κ1) is 18.3. The van der Waals surface area contributed by atoms with Gasteiger partial charge in [-0.3, -0.25) is 14.5 Å². The van der Waals surface area contributed by atoms with Gasteiger partial charge in [0.05, 0.1) is 0 Å². The summed E-state index contributed by atoms with van der Waals surface area (Å²) in [5.41, 5.74) is 0.854. The van der Waals surface area contributed by atoms with E-state index in [4.69, 9.17) is 4.74 Å². The molecule has 1 aromatic carbocycles. The highest BCUT2D eigenvalue weighted by molar-refractivity contribution is 5.95. The predicted octanol–water partition coefficient (Wildman–Crippen LogP) is 2.28. The summed E-state index contributed by atoms with van der Waals surface area (Å²) in [6, 6.07) is 8.22. The minimum absolute atomic E-state index is 0.0451. The molecule has 0 aromatic heterocycles. The zero-order chi connectivity index (χ0) is 18.6. The molecule has 2 amide bonds. The quantitative estimate of drug-likeness (QED) is 0.797. The second-order valence-electron chi connectivity index (χ2n) is 7.79. The largest absolute Gasteiger partial charge is 0.484 e. The van der Waals surface area contributed by atoms with Gasteiger partial charge in [-0.05, 0) is 31.4 Å². The van der Waals surface area contributed by atoms with Crippen molar-refractivity contribution in [2.24, 2.45) is 0 Å². The van der Waals surface area contributed by atoms with Crippen LogP contribution in [0.1, 0.15) is 38.5 Å². The van der Waals surface area contributed by atoms with Gasteiger partial charge in [-0.2, -0.15) is 0 Å². The number of carbonyl (C=O) groups excluding carboxylic acids is 2. The summed E-state index contributed by atoms with van der Waals surface area (Å²) in [5, 5.41) is 0. The molecule has 0 spiro atoms. The van der Waals surface area contributed by atoms with Crippen molar-refractivity contribution in [1.29, 1.82) is 0 Å². The molecule has 1 aliphatic carbocycles. The Hall–Kier alpha value is -2.08. The van der Waals surface area contributed by atoms with Crippen LogP contribution in [-0.4, -0.2) is 67.0 Å². The summed E-state index contributed by atoms with van der Waals surface area (Å²) in [4.78, 5) is 30.7. The third-order valence-electron chi connectivity index (χ3n) is 6.07. The summed E-state index contributed by atoms with van der Waals surface area (Å²) in [7, 11) is 0. The van der Waals surface area contributed by atoms with E-state index < -0.39 is 0 Å². The van der Waals surface area contributed by atoms with Gasteiger partial charge >= 0.3 is 0 Å². The number of hydrogen-bond donors (Lipinski definition) is 0. The fraction of sp³-hybridized carbons (Fsp3) is 0.619. The number of anilines is 1. The molecule has 2 aliphatic heterocycles. The second kappa shape index (κ2) is 8.30. The lowest BCUT2D eigenvalue weighted by Gasteiger charge is -2.38. The Labute approximate surface area is 161 Å². The Morgan fingerprint density at radius 3 is 2.52 bits per heavy atom. The molecule has 27 heavy (non-hydrogen) atoms. The first-order chi connectivity index (χ1) is 13.2. The second-order valence-corrected chi connectivity index (χ2v) is 7.79. The molecule has 0 N–H and O–H groups in total. The van der Waals surface area contributed by atoms with Crippen LogP contribution >= 0.6 is 0 Å². The molecular formula is C21H29N3O3. The van der Waals surface area contributed by atoms with Gasteiger partial charge in [-0.25, -0.2) is 0 Å². The van der Waals surface area contributed by atoms with Gasteiger partial charge < -0.3 is 14.5 Å². The van der Waals surface area contributed by atoms with Gasteiger partial charge in [-0.1, -0.05) is 18.9 Å². The van der Waals surface area contributed by atoms with Crippen LogP contribution in [0.5, 0.6) is 5.75 Å². The zero-order valence-corrected chi connectivity index (χ0v) is 15.9. The van der Waals surface area contributed by atoms with Gasteiger partial charge in [0.15, 0.2) is 6.61 Å². The van der Waals surface area contributed by atoms with Crippen LogP contribution in [0.25, 0.3) is 0 Å². The molecule has 3 fully saturated rings. The number of benzene rings is 1. The molecule has 2 heterocycles. The molecule has 146 valence electrons. The van der Waals surface area contributed by atoms with E-state index in [2.05, 4.69) is 4.90 Å². The predicted molar refractivity (Wildman–Crippen MR) is 104 cm³/mol. The molecule has 3 aliphatic rings. The molecule has 1 aromatic rings. The fourth-order valence-electron chi connectivity index (χ4n) is 4.50. The zero-order valence-electron chi connectivity index (χ0n) is 15.9. The summed E-state index contributed by atoms with van der Waals surface area (Å²) in [6.45, 7) is 4.35. The maximum absolute atomic E-state index is 12.5. The van der Waals surface area contributed by atoms with Gasteiger partial charge in [-0.15, -0.1) is 0 Å². The van der Waals surface area contributed by atoms with E-state index in [1.54, 1.807) is 4.90 Å². The number of nitrogens with zero attached hydrogens (tertiary/aromatic N) is 3. The highest BCUT2D eigenvalue weighted by Gasteiger charge is 2.28. The Bertz CT molecular complexity index is 679. The summed E-state index contributed by atoms with van der Waals surface area (Å²) in [6.07, 6.45) is 6.82. The molecule has 1 saturated carbocycles. The minimum atomic E-state index is 0.0451. The molecule has 6 heteroatoms. The SMILES string of the molecule is O=C(COc1cccc(N2CCCC2=O)c1)N1CCN(C2CCCC2)CC1. The van der Waals surface area contributed by atoms with Crippen LogP contribution in [-0.2, 0) is 9.59 Å². The molecule has 0 bridgehead atoms. The Kier molecular flexibility index (Phi) is 5.62. The third-order valence-corrected chi connectivity index (χ3v) is 6.07. The average Bonchev–Trinajstić information content (AvgIpc) is 3.38. The van der Waals surface area contributed by atoms with Gasteiger partial charge in [0.1, 0.15) is 5.75 Å². The Morgan fingerprint density at radius 2 is 1.81 bits per heavy atom. The van der Waals surface area contributed by atoms with Gasteiger partial charge in [0.25, 0.3) is 5.91 Å². The smallest absolute Gasteiger partial charge is 0.260 e. The normalized spacial score (nSPS) is 21.9. The topological polar surface area (TPSA) is 53.1 Å². The van der Waals surface area contributed by atoms with Gasteiger partial charge in [0, 0.05) is 56.9 Å². The van der Waals surface area contributed by atoms with Crippen molar-refractivity contribution in [3.05, 3.63) is 24.3 Å². The lowest BCUT2D eigenvalue weighted by Crippen LogP contribution is -2.52. The summed E-state index contributed by atoms with van der Waals surface area (Å²) >= 11 is 0. The van der Waals surface area contributed by atoms with Crippen molar-refractivity contribution < 1.29 is 14.3 Å². The van der Waals surface area contributed by atoms with Crippen LogP contribution in [0.3, 0.4) is 0 Å². The summed E-state index contributed by atoms with van der Waals surface area (Å²) in [5.74, 6) is 0.845. The highest BCUT2D eigenvalue weighted by atomic mass is 16.5. The minimum Gasteiger partial charge on any atom is -0.484 e. The van der Waals surface area contributed by atoms with E-state index in [9.17, 15) is 9.59 Å². The monoisotopic (exact) mass is 371 g/mol. The third kappa shape index (κ3) is 4.26. The van der Waals surface area contributed by atoms with Crippen molar-refractivity contribution >= 4 is 17.5 Å². The Morgan fingerprint density at radius 1 is 1.04 bits per heavy atom. The number of carbonyl (C=O) groups is 2. The van der Waals surface area contributed by atoms with Crippen molar-refractivity contribution in [3.8, 4) is 5.75 Å². The first-order valence-electron chi connectivity index (χ1n) is 10.3. The number of ether oxygens (including phenoxy) is 1. The molecule has 2 saturated heterocycles. The maximum Gasteiger partial charge on any atom is 0.260 e. The first-order valence-corrected chi connectivity index (χ1v) is 10.3. The van der Waals surface area contributed by atoms with E-state index in [0.29, 0.717) is 12.2 Å². The van der Waals surface area contributed by atoms with Crippen LogP contribution in [0, 0.1) is 0 Å². The van der Waals surface area contributed by atoms with E-state index in [0.717, 1.165) is 50.9 Å². The molecule has 0 radical (unpaired) electrons. The lowest BCUT2D eigenvalue weighted by molar-refractivity contribution is -0.135. The van der Waals surface area contributed by atoms with Crippen LogP contribution < -0.4 is 9.64 Å².